The van der Waals surface area contributed by atoms with Crippen molar-refractivity contribution in [2.45, 2.75) is 38.1 Å². The Morgan fingerprint density at radius 1 is 0.964 bits per heavy atom. The number of nitrogens with zero attached hydrogens (tertiary/aromatic N) is 5. The van der Waals surface area contributed by atoms with Crippen LogP contribution >= 0.6 is 0 Å². The summed E-state index contributed by atoms with van der Waals surface area (Å²) < 4.78 is 7.53. The van der Waals surface area contributed by atoms with E-state index in [9.17, 15) is 0 Å². The Bertz CT molecular complexity index is 926. The summed E-state index contributed by atoms with van der Waals surface area (Å²) in [4.78, 5) is 11.6. The van der Waals surface area contributed by atoms with Gasteiger partial charge in [0, 0.05) is 30.7 Å². The van der Waals surface area contributed by atoms with E-state index in [2.05, 4.69) is 49.2 Å². The number of hydrogen-bond donors (Lipinski definition) is 1. The second-order valence-corrected chi connectivity index (χ2v) is 7.62. The molecule has 0 bridgehead atoms. The van der Waals surface area contributed by atoms with Crippen molar-refractivity contribution in [3.8, 4) is 0 Å². The fourth-order valence-electron chi connectivity index (χ4n) is 4.20. The number of ether oxygens (including phenoxy) is 1. The summed E-state index contributed by atoms with van der Waals surface area (Å²) in [7, 11) is 0. The number of fused-ring (bicyclic) bond motifs is 1. The van der Waals surface area contributed by atoms with Crippen molar-refractivity contribution >= 4 is 28.4 Å². The van der Waals surface area contributed by atoms with Crippen LogP contribution in [0.2, 0.25) is 0 Å². The maximum atomic E-state index is 5.43. The van der Waals surface area contributed by atoms with Crippen molar-refractivity contribution in [3.05, 3.63) is 36.7 Å². The minimum Gasteiger partial charge on any atom is -0.378 e. The molecule has 0 atom stereocenters. The van der Waals surface area contributed by atoms with Crippen LogP contribution in [0.5, 0.6) is 0 Å². The van der Waals surface area contributed by atoms with Crippen molar-refractivity contribution in [1.29, 1.82) is 0 Å². The van der Waals surface area contributed by atoms with Crippen LogP contribution in [0.1, 0.15) is 38.1 Å². The van der Waals surface area contributed by atoms with Crippen LogP contribution in [0, 0.1) is 0 Å². The molecule has 146 valence electrons. The molecule has 1 aliphatic carbocycles. The Morgan fingerprint density at radius 3 is 2.54 bits per heavy atom. The van der Waals surface area contributed by atoms with Crippen LogP contribution in [-0.4, -0.2) is 46.1 Å². The van der Waals surface area contributed by atoms with Crippen molar-refractivity contribution in [2.24, 2.45) is 0 Å². The average Bonchev–Trinajstić information content (AvgIpc) is 3.19. The molecule has 0 unspecified atom stereocenters. The molecule has 3 aromatic rings. The molecule has 2 aliphatic rings. The average molecular weight is 378 g/mol. The lowest BCUT2D eigenvalue weighted by Gasteiger charge is -2.28. The van der Waals surface area contributed by atoms with Crippen molar-refractivity contribution in [1.82, 2.24) is 19.7 Å². The van der Waals surface area contributed by atoms with Crippen LogP contribution in [0.15, 0.2) is 36.7 Å². The highest BCUT2D eigenvalue weighted by Crippen LogP contribution is 2.30. The van der Waals surface area contributed by atoms with Gasteiger partial charge in [-0.1, -0.05) is 19.3 Å². The van der Waals surface area contributed by atoms with Gasteiger partial charge in [-0.3, -0.25) is 0 Å². The van der Waals surface area contributed by atoms with Gasteiger partial charge in [-0.2, -0.15) is 10.1 Å². The van der Waals surface area contributed by atoms with Gasteiger partial charge in [-0.05, 0) is 37.1 Å². The monoisotopic (exact) mass is 378 g/mol. The molecule has 1 aliphatic heterocycles. The topological polar surface area (TPSA) is 68.1 Å². The summed E-state index contributed by atoms with van der Waals surface area (Å²) >= 11 is 0. The van der Waals surface area contributed by atoms with Crippen LogP contribution in [0.4, 0.5) is 17.3 Å². The largest absolute Gasteiger partial charge is 0.378 e. The number of rotatable bonds is 4. The molecule has 2 fully saturated rings. The Morgan fingerprint density at radius 2 is 1.75 bits per heavy atom. The SMILES string of the molecule is c1cc(N2CCOCC2)ccc1Nc1ncc2cnn(C3CCCCC3)c2n1. The van der Waals surface area contributed by atoms with Gasteiger partial charge in [0.05, 0.1) is 30.8 Å². The minimum absolute atomic E-state index is 0.460. The second-order valence-electron chi connectivity index (χ2n) is 7.62. The normalized spacial score (nSPS) is 18.5. The van der Waals surface area contributed by atoms with Gasteiger partial charge < -0.3 is 15.0 Å². The zero-order valence-electron chi connectivity index (χ0n) is 16.0. The Kier molecular flexibility index (Phi) is 4.83. The lowest BCUT2D eigenvalue weighted by molar-refractivity contribution is 0.122. The fourth-order valence-corrected chi connectivity index (χ4v) is 4.20. The number of aromatic nitrogens is 4. The summed E-state index contributed by atoms with van der Waals surface area (Å²) in [6.45, 7) is 3.47. The predicted octanol–water partition coefficient (Wildman–Crippen LogP) is 3.91. The lowest BCUT2D eigenvalue weighted by atomic mass is 9.96. The van der Waals surface area contributed by atoms with Crippen molar-refractivity contribution in [3.63, 3.8) is 0 Å². The van der Waals surface area contributed by atoms with E-state index in [1.807, 2.05) is 12.4 Å². The van der Waals surface area contributed by atoms with Gasteiger partial charge >= 0.3 is 0 Å². The Balaban J connectivity index is 1.34. The zero-order valence-corrected chi connectivity index (χ0v) is 16.0. The first-order valence-corrected chi connectivity index (χ1v) is 10.3. The molecule has 28 heavy (non-hydrogen) atoms. The predicted molar refractivity (Wildman–Crippen MR) is 110 cm³/mol. The highest BCUT2D eigenvalue weighted by Gasteiger charge is 2.19. The number of anilines is 3. The van der Waals surface area contributed by atoms with E-state index < -0.39 is 0 Å². The summed E-state index contributed by atoms with van der Waals surface area (Å²) in [6.07, 6.45) is 10.00. The summed E-state index contributed by atoms with van der Waals surface area (Å²) in [5, 5.41) is 8.94. The van der Waals surface area contributed by atoms with E-state index in [1.165, 1.54) is 37.8 Å². The van der Waals surface area contributed by atoms with Crippen molar-refractivity contribution in [2.75, 3.05) is 36.5 Å². The first-order valence-electron chi connectivity index (χ1n) is 10.3. The summed E-state index contributed by atoms with van der Waals surface area (Å²) in [5.41, 5.74) is 3.13. The summed E-state index contributed by atoms with van der Waals surface area (Å²) in [5.74, 6) is 0.615. The maximum Gasteiger partial charge on any atom is 0.229 e. The summed E-state index contributed by atoms with van der Waals surface area (Å²) in [6, 6.07) is 8.90. The van der Waals surface area contributed by atoms with Gasteiger partial charge in [-0.25, -0.2) is 9.67 Å². The van der Waals surface area contributed by atoms with Gasteiger partial charge in [0.25, 0.3) is 0 Å². The molecule has 7 nitrogen and oxygen atoms in total. The fraction of sp³-hybridized carbons (Fsp3) is 0.476. The number of nitrogens with one attached hydrogen (secondary N) is 1. The molecular weight excluding hydrogens is 352 g/mol. The molecule has 3 heterocycles. The molecule has 1 aromatic carbocycles. The molecule has 5 rings (SSSR count). The molecule has 1 N–H and O–H groups in total. The third-order valence-electron chi connectivity index (χ3n) is 5.75. The van der Waals surface area contributed by atoms with E-state index in [1.54, 1.807) is 0 Å². The van der Waals surface area contributed by atoms with E-state index >= 15 is 0 Å². The third kappa shape index (κ3) is 3.54. The van der Waals surface area contributed by atoms with E-state index in [4.69, 9.17) is 9.72 Å². The van der Waals surface area contributed by atoms with E-state index in [0.29, 0.717) is 12.0 Å². The molecule has 0 radical (unpaired) electrons. The van der Waals surface area contributed by atoms with Crippen LogP contribution in [0.25, 0.3) is 11.0 Å². The highest BCUT2D eigenvalue weighted by atomic mass is 16.5. The molecule has 1 saturated carbocycles. The molecule has 0 amide bonds. The smallest absolute Gasteiger partial charge is 0.229 e. The number of morpholine rings is 1. The quantitative estimate of drug-likeness (QED) is 0.742. The van der Waals surface area contributed by atoms with Gasteiger partial charge in [0.2, 0.25) is 5.95 Å². The standard InChI is InChI=1S/C21H26N6O/c1-2-4-19(5-3-1)27-20-16(15-23-27)14-22-21(25-20)24-17-6-8-18(9-7-17)26-10-12-28-13-11-26/h6-9,14-15,19H,1-5,10-13H2,(H,22,24,25). The molecule has 7 heteroatoms. The molecule has 0 spiro atoms. The Hall–Kier alpha value is -2.67. The van der Waals surface area contributed by atoms with Crippen LogP contribution in [-0.2, 0) is 4.74 Å². The minimum atomic E-state index is 0.460. The molecular formula is C21H26N6O. The lowest BCUT2D eigenvalue weighted by Crippen LogP contribution is -2.36. The van der Waals surface area contributed by atoms with Crippen LogP contribution in [0.3, 0.4) is 0 Å². The van der Waals surface area contributed by atoms with Crippen LogP contribution < -0.4 is 10.2 Å². The second kappa shape index (κ2) is 7.75. The maximum absolute atomic E-state index is 5.43. The van der Waals surface area contributed by atoms with Gasteiger partial charge in [0.15, 0.2) is 5.65 Å². The number of benzene rings is 1. The third-order valence-corrected chi connectivity index (χ3v) is 5.75. The molecule has 1 saturated heterocycles. The van der Waals surface area contributed by atoms with E-state index in [0.717, 1.165) is 43.0 Å². The van der Waals surface area contributed by atoms with Gasteiger partial charge in [-0.15, -0.1) is 0 Å². The van der Waals surface area contributed by atoms with E-state index in [-0.39, 0.29) is 0 Å². The molecule has 2 aromatic heterocycles. The number of hydrogen-bond acceptors (Lipinski definition) is 6. The van der Waals surface area contributed by atoms with Crippen molar-refractivity contribution < 1.29 is 4.74 Å². The Labute approximate surface area is 164 Å². The first kappa shape index (κ1) is 17.4. The van der Waals surface area contributed by atoms with Gasteiger partial charge in [0.1, 0.15) is 0 Å². The zero-order chi connectivity index (χ0) is 18.8. The highest BCUT2D eigenvalue weighted by molar-refractivity contribution is 5.75. The first-order chi connectivity index (χ1) is 13.9.